The Hall–Kier alpha value is -6.56. The van der Waals surface area contributed by atoms with Gasteiger partial charge in [-0.15, -0.1) is 0 Å². The van der Waals surface area contributed by atoms with Crippen LogP contribution in [0, 0.1) is 23.4 Å². The van der Waals surface area contributed by atoms with Crippen LogP contribution < -0.4 is 21.2 Å². The summed E-state index contributed by atoms with van der Waals surface area (Å²) in [6, 6.07) is 11.9. The Morgan fingerprint density at radius 3 is 2.44 bits per heavy atom. The van der Waals surface area contributed by atoms with Gasteiger partial charge < -0.3 is 15.3 Å². The number of hydrogen-bond donors (Lipinski definition) is 3. The zero-order chi connectivity index (χ0) is 43.2. The quantitative estimate of drug-likeness (QED) is 0.129. The second-order valence-corrected chi connectivity index (χ2v) is 16.5. The number of aromatic hydroxyl groups is 1. The molecule has 0 spiro atoms. The average molecular weight is 851 g/mol. The van der Waals surface area contributed by atoms with Crippen LogP contribution in [0.15, 0.2) is 65.8 Å². The summed E-state index contributed by atoms with van der Waals surface area (Å²) in [5.74, 6) is -7.00. The molecule has 0 bridgehead atoms. The summed E-state index contributed by atoms with van der Waals surface area (Å²) in [5.41, 5.74) is 3.96. The Balaban J connectivity index is 0.755. The predicted molar refractivity (Wildman–Crippen MR) is 223 cm³/mol. The number of imide groups is 1. The first kappa shape index (κ1) is 40.8. The first-order valence-electron chi connectivity index (χ1n) is 20.9. The number of imidazole rings is 1. The van der Waals surface area contributed by atoms with Crippen LogP contribution in [0.4, 0.5) is 19.0 Å². The number of anilines is 1. The van der Waals surface area contributed by atoms with E-state index in [0.29, 0.717) is 18.0 Å². The highest BCUT2D eigenvalue weighted by molar-refractivity contribution is 6.00. The third kappa shape index (κ3) is 7.89. The standard InChI is InChI=1S/C44H45F3N10O5/c1-53-36-18-25(4-9-34(36)57(44(53)62)35-10-11-38(58)51-43(35)61)12-13-54-14-16-55(17-15-54)37-23-48-33(22-49-37)27-5-6-28-24-56(52-32(28)19-27)29-7-2-26(3-8-29)21-50-42(60)30-20-31(45)41(59)40(47)39(30)46/h4-6,9,18-20,22-24,26,29,35,59H,2-3,7-8,10-17,21H2,1H3,(H,50,60)(H,51,58,61). The van der Waals surface area contributed by atoms with Gasteiger partial charge in [-0.05, 0) is 74.3 Å². The van der Waals surface area contributed by atoms with Crippen LogP contribution in [0.3, 0.4) is 0 Å². The van der Waals surface area contributed by atoms with Gasteiger partial charge in [-0.25, -0.2) is 18.6 Å². The summed E-state index contributed by atoms with van der Waals surface area (Å²) in [6.07, 6.45) is 10.1. The number of nitrogens with one attached hydrogen (secondary N) is 2. The molecule has 18 heteroatoms. The summed E-state index contributed by atoms with van der Waals surface area (Å²) >= 11 is 0. The summed E-state index contributed by atoms with van der Waals surface area (Å²) < 4.78 is 46.7. The molecule has 3 N–H and O–H groups in total. The molecule has 3 amide bonds. The van der Waals surface area contributed by atoms with Gasteiger partial charge in [0.25, 0.3) is 5.91 Å². The fourth-order valence-electron chi connectivity index (χ4n) is 8.99. The number of carbonyl (C=O) groups is 3. The van der Waals surface area contributed by atoms with Crippen molar-refractivity contribution in [2.75, 3.05) is 44.2 Å². The van der Waals surface area contributed by atoms with E-state index in [1.165, 1.54) is 4.57 Å². The van der Waals surface area contributed by atoms with Crippen molar-refractivity contribution in [3.8, 4) is 17.0 Å². The van der Waals surface area contributed by atoms with E-state index in [9.17, 15) is 37.5 Å². The number of phenols is 1. The van der Waals surface area contributed by atoms with Crippen molar-refractivity contribution in [1.29, 1.82) is 0 Å². The lowest BCUT2D eigenvalue weighted by Gasteiger charge is -2.35. The molecule has 1 saturated carbocycles. The second kappa shape index (κ2) is 16.7. The van der Waals surface area contributed by atoms with Crippen LogP contribution in [-0.2, 0) is 23.1 Å². The molecule has 2 aliphatic heterocycles. The molecule has 3 aromatic carbocycles. The topological polar surface area (TPSA) is 173 Å². The average Bonchev–Trinajstić information content (AvgIpc) is 3.83. The second-order valence-electron chi connectivity index (χ2n) is 16.5. The van der Waals surface area contributed by atoms with Gasteiger partial charge in [0.05, 0.1) is 46.2 Å². The zero-order valence-corrected chi connectivity index (χ0v) is 34.0. The molecule has 1 unspecified atom stereocenters. The molecule has 1 aliphatic carbocycles. The molecule has 9 rings (SSSR count). The van der Waals surface area contributed by atoms with E-state index in [2.05, 4.69) is 20.4 Å². The van der Waals surface area contributed by atoms with E-state index in [1.807, 2.05) is 53.5 Å². The largest absolute Gasteiger partial charge is 0.503 e. The Kier molecular flexibility index (Phi) is 11.0. The fraction of sp³-hybridized carbons (Fsp3) is 0.386. The first-order chi connectivity index (χ1) is 29.9. The van der Waals surface area contributed by atoms with Crippen LogP contribution in [0.1, 0.15) is 66.5 Å². The predicted octanol–water partition coefficient (Wildman–Crippen LogP) is 4.77. The highest BCUT2D eigenvalue weighted by Gasteiger charge is 2.32. The van der Waals surface area contributed by atoms with Gasteiger partial charge in [0.15, 0.2) is 17.4 Å². The number of aryl methyl sites for hydroxylation is 1. The molecule has 3 aromatic heterocycles. The summed E-state index contributed by atoms with van der Waals surface area (Å²) in [6.45, 7) is 4.41. The van der Waals surface area contributed by atoms with Gasteiger partial charge in [0, 0.05) is 69.9 Å². The molecule has 15 nitrogen and oxygen atoms in total. The van der Waals surface area contributed by atoms with Crippen LogP contribution in [-0.4, -0.2) is 95.9 Å². The van der Waals surface area contributed by atoms with Crippen molar-refractivity contribution in [2.45, 2.75) is 57.0 Å². The van der Waals surface area contributed by atoms with Crippen molar-refractivity contribution in [1.82, 2.24) is 44.4 Å². The summed E-state index contributed by atoms with van der Waals surface area (Å²) in [5, 5.41) is 20.1. The molecule has 3 aliphatic rings. The van der Waals surface area contributed by atoms with Gasteiger partial charge >= 0.3 is 5.69 Å². The minimum Gasteiger partial charge on any atom is -0.503 e. The summed E-state index contributed by atoms with van der Waals surface area (Å²) in [4.78, 5) is 64.0. The third-order valence-electron chi connectivity index (χ3n) is 12.7. The number of phenolic OH excluding ortho intramolecular Hbond substituents is 1. The molecular formula is C44H45F3N10O5. The Morgan fingerprint density at radius 1 is 0.903 bits per heavy atom. The Morgan fingerprint density at radius 2 is 1.69 bits per heavy atom. The number of fused-ring (bicyclic) bond motifs is 2. The SMILES string of the molecule is Cn1c(=O)n(C2CCC(=O)NC2=O)c2ccc(CCN3CCN(c4cnc(-c5ccc6cn(C7CCC(CNC(=O)c8cc(F)c(O)c(F)c8F)CC7)nc6c5)cn4)CC3)cc21. The van der Waals surface area contributed by atoms with E-state index in [1.54, 1.807) is 17.8 Å². The van der Waals surface area contributed by atoms with E-state index < -0.39 is 46.6 Å². The fourth-order valence-corrected chi connectivity index (χ4v) is 8.99. The molecule has 3 fully saturated rings. The maximum atomic E-state index is 14.1. The monoisotopic (exact) mass is 850 g/mol. The van der Waals surface area contributed by atoms with Crippen molar-refractivity contribution >= 4 is 45.5 Å². The molecule has 1 atom stereocenters. The van der Waals surface area contributed by atoms with Crippen molar-refractivity contribution < 1.29 is 32.7 Å². The minimum atomic E-state index is -1.79. The lowest BCUT2D eigenvalue weighted by Crippen LogP contribution is -2.47. The number of carbonyl (C=O) groups excluding carboxylic acids is 3. The number of aromatic nitrogens is 6. The number of halogens is 3. The summed E-state index contributed by atoms with van der Waals surface area (Å²) in [7, 11) is 1.71. The van der Waals surface area contributed by atoms with Crippen molar-refractivity contribution in [3.05, 3.63) is 100 Å². The normalized spacial score (nSPS) is 19.9. The van der Waals surface area contributed by atoms with Crippen molar-refractivity contribution in [3.63, 3.8) is 0 Å². The Labute approximate surface area is 353 Å². The van der Waals surface area contributed by atoms with E-state index in [-0.39, 0.29) is 36.5 Å². The van der Waals surface area contributed by atoms with Gasteiger partial charge in [0.2, 0.25) is 17.6 Å². The Bertz CT molecular complexity index is 2770. The maximum Gasteiger partial charge on any atom is 0.329 e. The highest BCUT2D eigenvalue weighted by atomic mass is 19.2. The lowest BCUT2D eigenvalue weighted by molar-refractivity contribution is -0.135. The number of benzene rings is 3. The molecule has 2 saturated heterocycles. The van der Waals surface area contributed by atoms with Crippen LogP contribution in [0.2, 0.25) is 0 Å². The van der Waals surface area contributed by atoms with Crippen molar-refractivity contribution in [2.24, 2.45) is 13.0 Å². The number of amides is 3. The molecule has 6 aromatic rings. The third-order valence-corrected chi connectivity index (χ3v) is 12.7. The number of nitrogens with zero attached hydrogens (tertiary/aromatic N) is 8. The smallest absolute Gasteiger partial charge is 0.329 e. The van der Waals surface area contributed by atoms with Gasteiger partial charge in [0.1, 0.15) is 11.9 Å². The maximum absolute atomic E-state index is 14.1. The zero-order valence-electron chi connectivity index (χ0n) is 34.0. The number of piperidine rings is 1. The van der Waals surface area contributed by atoms with Gasteiger partial charge in [-0.2, -0.15) is 9.49 Å². The van der Waals surface area contributed by atoms with E-state index in [4.69, 9.17) is 15.1 Å². The van der Waals surface area contributed by atoms with E-state index in [0.717, 1.165) is 104 Å². The first-order valence-corrected chi connectivity index (χ1v) is 20.9. The molecule has 5 heterocycles. The van der Waals surface area contributed by atoms with E-state index >= 15 is 0 Å². The highest BCUT2D eigenvalue weighted by Crippen LogP contribution is 2.34. The molecular weight excluding hydrogens is 806 g/mol. The van der Waals surface area contributed by atoms with Crippen LogP contribution in [0.5, 0.6) is 5.75 Å². The lowest BCUT2D eigenvalue weighted by atomic mass is 9.86. The van der Waals surface area contributed by atoms with Crippen LogP contribution in [0.25, 0.3) is 33.2 Å². The van der Waals surface area contributed by atoms with Gasteiger partial charge in [-0.1, -0.05) is 18.2 Å². The number of hydrogen-bond acceptors (Lipinski definition) is 10. The number of rotatable bonds is 10. The van der Waals surface area contributed by atoms with Crippen LogP contribution >= 0.6 is 0 Å². The molecule has 322 valence electrons. The minimum absolute atomic E-state index is 0.106. The molecule has 62 heavy (non-hydrogen) atoms. The molecule has 0 radical (unpaired) electrons. The van der Waals surface area contributed by atoms with Gasteiger partial charge in [-0.3, -0.25) is 43.4 Å². The number of piperazine rings is 1.